The van der Waals surface area contributed by atoms with Crippen LogP contribution in [0.3, 0.4) is 0 Å². The Balaban J connectivity index is 2.57. The van der Waals surface area contributed by atoms with Gasteiger partial charge in [-0.3, -0.25) is 4.79 Å². The molecule has 1 N–H and O–H groups in total. The summed E-state index contributed by atoms with van der Waals surface area (Å²) in [6.07, 6.45) is 0. The van der Waals surface area contributed by atoms with E-state index in [-0.39, 0.29) is 28.0 Å². The van der Waals surface area contributed by atoms with E-state index in [4.69, 9.17) is 0 Å². The summed E-state index contributed by atoms with van der Waals surface area (Å²) in [5.41, 5.74) is -0.0175. The molecule has 0 saturated heterocycles. The van der Waals surface area contributed by atoms with Gasteiger partial charge in [0.05, 0.1) is 5.25 Å². The molecule has 1 rings (SSSR count). The normalized spacial score (nSPS) is 13.2. The van der Waals surface area contributed by atoms with Gasteiger partial charge in [-0.05, 0) is 33.8 Å². The molecule has 0 bridgehead atoms. The van der Waals surface area contributed by atoms with Crippen LogP contribution in [0.1, 0.15) is 33.3 Å². The Labute approximate surface area is 117 Å². The minimum Gasteiger partial charge on any atom is -0.351 e. The molecule has 0 radical (unpaired) electrons. The summed E-state index contributed by atoms with van der Waals surface area (Å²) in [7, 11) is 0. The van der Waals surface area contributed by atoms with Crippen LogP contribution in [0.4, 0.5) is 8.78 Å². The Kier molecular flexibility index (Phi) is 5.35. The topological polar surface area (TPSA) is 29.1 Å². The second kappa shape index (κ2) is 6.37. The van der Waals surface area contributed by atoms with Gasteiger partial charge in [-0.1, -0.05) is 12.1 Å². The second-order valence-electron chi connectivity index (χ2n) is 5.41. The highest BCUT2D eigenvalue weighted by Crippen LogP contribution is 2.21. The summed E-state index contributed by atoms with van der Waals surface area (Å²) < 4.78 is 26.5. The maximum Gasteiger partial charge on any atom is 0.233 e. The van der Waals surface area contributed by atoms with E-state index in [9.17, 15) is 13.6 Å². The lowest BCUT2D eigenvalue weighted by Gasteiger charge is -2.23. The molecule has 5 heteroatoms. The highest BCUT2D eigenvalue weighted by molar-refractivity contribution is 7.99. The molecule has 2 nitrogen and oxygen atoms in total. The molecule has 0 fully saturated rings. The molecular formula is C14H19F2NOS. The molecule has 1 aromatic rings. The van der Waals surface area contributed by atoms with Crippen LogP contribution >= 0.6 is 11.8 Å². The zero-order valence-corrected chi connectivity index (χ0v) is 12.4. The first-order chi connectivity index (χ1) is 8.70. The van der Waals surface area contributed by atoms with Crippen LogP contribution in [0.2, 0.25) is 0 Å². The molecule has 0 aromatic heterocycles. The summed E-state index contributed by atoms with van der Waals surface area (Å²) in [5, 5.41) is 2.54. The number of benzene rings is 1. The van der Waals surface area contributed by atoms with E-state index in [0.717, 1.165) is 6.07 Å². The maximum atomic E-state index is 13.4. The van der Waals surface area contributed by atoms with Crippen molar-refractivity contribution in [1.29, 1.82) is 0 Å². The molecule has 19 heavy (non-hydrogen) atoms. The third-order valence-electron chi connectivity index (χ3n) is 2.39. The van der Waals surface area contributed by atoms with Gasteiger partial charge in [-0.25, -0.2) is 8.78 Å². The summed E-state index contributed by atoms with van der Waals surface area (Å²) in [6.45, 7) is 7.44. The molecule has 0 saturated carbocycles. The van der Waals surface area contributed by atoms with Gasteiger partial charge in [0.1, 0.15) is 0 Å². The molecule has 0 aliphatic rings. The van der Waals surface area contributed by atoms with Crippen LogP contribution in [0.25, 0.3) is 0 Å². The Hall–Kier alpha value is -1.10. The van der Waals surface area contributed by atoms with Gasteiger partial charge in [0, 0.05) is 16.9 Å². The lowest BCUT2D eigenvalue weighted by molar-refractivity contribution is -0.121. The van der Waals surface area contributed by atoms with E-state index in [1.54, 1.807) is 6.92 Å². The first-order valence-corrected chi connectivity index (χ1v) is 7.12. The zero-order chi connectivity index (χ0) is 14.6. The summed E-state index contributed by atoms with van der Waals surface area (Å²) in [4.78, 5) is 11.8. The molecule has 1 aromatic carbocycles. The molecular weight excluding hydrogens is 268 g/mol. The SMILES string of the molecule is CC(SCc1cccc(F)c1F)C(=O)NC(C)(C)C. The van der Waals surface area contributed by atoms with Crippen molar-refractivity contribution in [2.75, 3.05) is 0 Å². The van der Waals surface area contributed by atoms with Crippen molar-refractivity contribution in [2.24, 2.45) is 0 Å². The number of amides is 1. The van der Waals surface area contributed by atoms with Crippen molar-refractivity contribution in [3.63, 3.8) is 0 Å². The van der Waals surface area contributed by atoms with Gasteiger partial charge in [-0.2, -0.15) is 0 Å². The van der Waals surface area contributed by atoms with Crippen molar-refractivity contribution in [2.45, 2.75) is 44.2 Å². The molecule has 1 amide bonds. The number of rotatable bonds is 4. The minimum atomic E-state index is -0.857. The Bertz CT molecular complexity index is 457. The molecule has 1 atom stereocenters. The molecule has 106 valence electrons. The lowest BCUT2D eigenvalue weighted by Crippen LogP contribution is -2.44. The fraction of sp³-hybridized carbons (Fsp3) is 0.500. The van der Waals surface area contributed by atoms with Crippen LogP contribution in [0.5, 0.6) is 0 Å². The van der Waals surface area contributed by atoms with Gasteiger partial charge < -0.3 is 5.32 Å². The monoisotopic (exact) mass is 287 g/mol. The fourth-order valence-corrected chi connectivity index (χ4v) is 2.28. The third-order valence-corrected chi connectivity index (χ3v) is 3.58. The lowest BCUT2D eigenvalue weighted by atomic mass is 10.1. The molecule has 1 unspecified atom stereocenters. The molecule has 0 heterocycles. The first kappa shape index (κ1) is 16.0. The van der Waals surface area contributed by atoms with Crippen molar-refractivity contribution in [3.8, 4) is 0 Å². The van der Waals surface area contributed by atoms with Gasteiger partial charge >= 0.3 is 0 Å². The van der Waals surface area contributed by atoms with Crippen LogP contribution < -0.4 is 5.32 Å². The van der Waals surface area contributed by atoms with E-state index in [1.807, 2.05) is 20.8 Å². The highest BCUT2D eigenvalue weighted by Gasteiger charge is 2.20. The largest absolute Gasteiger partial charge is 0.351 e. The number of nitrogens with one attached hydrogen (secondary N) is 1. The molecule has 0 spiro atoms. The summed E-state index contributed by atoms with van der Waals surface area (Å²) >= 11 is 1.28. The second-order valence-corrected chi connectivity index (χ2v) is 6.73. The van der Waals surface area contributed by atoms with E-state index in [0.29, 0.717) is 0 Å². The Morgan fingerprint density at radius 3 is 2.58 bits per heavy atom. The Morgan fingerprint density at radius 1 is 1.37 bits per heavy atom. The van der Waals surface area contributed by atoms with Crippen LogP contribution in [0, 0.1) is 11.6 Å². The van der Waals surface area contributed by atoms with E-state index >= 15 is 0 Å². The highest BCUT2D eigenvalue weighted by atomic mass is 32.2. The van der Waals surface area contributed by atoms with Gasteiger partial charge in [0.2, 0.25) is 5.91 Å². The fourth-order valence-electron chi connectivity index (χ4n) is 1.42. The molecule has 0 aliphatic carbocycles. The number of carbonyl (C=O) groups excluding carboxylic acids is 1. The number of thioether (sulfide) groups is 1. The van der Waals surface area contributed by atoms with Crippen LogP contribution in [0.15, 0.2) is 18.2 Å². The number of hydrogen-bond acceptors (Lipinski definition) is 2. The predicted molar refractivity (Wildman–Crippen MR) is 75.0 cm³/mol. The van der Waals surface area contributed by atoms with Crippen LogP contribution in [-0.2, 0) is 10.5 Å². The summed E-state index contributed by atoms with van der Waals surface area (Å²) in [6, 6.07) is 4.08. The van der Waals surface area contributed by atoms with Crippen molar-refractivity contribution in [1.82, 2.24) is 5.32 Å². The number of halogens is 2. The van der Waals surface area contributed by atoms with Crippen molar-refractivity contribution < 1.29 is 13.6 Å². The van der Waals surface area contributed by atoms with Crippen molar-refractivity contribution in [3.05, 3.63) is 35.4 Å². The number of hydrogen-bond donors (Lipinski definition) is 1. The van der Waals surface area contributed by atoms with E-state index in [2.05, 4.69) is 5.32 Å². The smallest absolute Gasteiger partial charge is 0.233 e. The van der Waals surface area contributed by atoms with Gasteiger partial charge in [0.25, 0.3) is 0 Å². The third kappa shape index (κ3) is 5.19. The van der Waals surface area contributed by atoms with Crippen molar-refractivity contribution >= 4 is 17.7 Å². The number of carbonyl (C=O) groups is 1. The zero-order valence-electron chi connectivity index (χ0n) is 11.6. The van der Waals surface area contributed by atoms with Crippen LogP contribution in [-0.4, -0.2) is 16.7 Å². The minimum absolute atomic E-state index is 0.102. The average Bonchev–Trinajstić information content (AvgIpc) is 2.28. The predicted octanol–water partition coefficient (Wildman–Crippen LogP) is 3.50. The molecule has 0 aliphatic heterocycles. The average molecular weight is 287 g/mol. The standard InChI is InChI=1S/C14H19F2NOS/c1-9(13(18)17-14(2,3)4)19-8-10-6-5-7-11(15)12(10)16/h5-7,9H,8H2,1-4H3,(H,17,18). The van der Waals surface area contributed by atoms with E-state index in [1.165, 1.54) is 23.9 Å². The first-order valence-electron chi connectivity index (χ1n) is 6.07. The van der Waals surface area contributed by atoms with Gasteiger partial charge in [-0.15, -0.1) is 11.8 Å². The Morgan fingerprint density at radius 2 is 2.00 bits per heavy atom. The van der Waals surface area contributed by atoms with Gasteiger partial charge in [0.15, 0.2) is 11.6 Å². The van der Waals surface area contributed by atoms with E-state index < -0.39 is 11.6 Å². The summed E-state index contributed by atoms with van der Waals surface area (Å²) in [5.74, 6) is -1.53. The quantitative estimate of drug-likeness (QED) is 0.918. The maximum absolute atomic E-state index is 13.4.